The first-order chi connectivity index (χ1) is 58.3. The highest BCUT2D eigenvalue weighted by Crippen LogP contribution is 2.61. The maximum Gasteiger partial charge on any atom is 0.351 e. The number of halogens is 4. The lowest BCUT2D eigenvalue weighted by Gasteiger charge is -2.36. The molecule has 6 aromatic heterocycles. The van der Waals surface area contributed by atoms with Crippen LogP contribution in [0.1, 0.15) is 213 Å². The predicted molar refractivity (Wildman–Crippen MR) is 482 cm³/mol. The zero-order valence-corrected chi connectivity index (χ0v) is 81.7. The lowest BCUT2D eigenvalue weighted by atomic mass is 9.98. The molecule has 4 saturated heterocycles. The molecule has 16 atom stereocenters. The zero-order chi connectivity index (χ0) is 96.8. The second kappa shape index (κ2) is 53.0. The average molecular weight is 1940 g/mol. The number of aryl methyl sites for hydroxylation is 1. The van der Waals surface area contributed by atoms with Gasteiger partial charge in [-0.05, 0) is 96.0 Å². The van der Waals surface area contributed by atoms with Gasteiger partial charge in [0.25, 0.3) is 22.2 Å². The van der Waals surface area contributed by atoms with E-state index in [-0.39, 0.29) is 90.5 Å². The smallest absolute Gasteiger partial charge is 0.351 e. The van der Waals surface area contributed by atoms with Gasteiger partial charge in [0.15, 0.2) is 64.6 Å². The molecule has 10 heterocycles. The van der Waals surface area contributed by atoms with E-state index in [9.17, 15) is 76.8 Å². The minimum atomic E-state index is -3.22. The molecular weight excluding hydrogens is 1810 g/mol. The molecule has 6 aromatic rings. The number of carbonyl (C=O) groups is 5. The molecule has 0 aromatic carbocycles. The normalized spacial score (nSPS) is 22.7. The molecule has 4 fully saturated rings. The van der Waals surface area contributed by atoms with Crippen molar-refractivity contribution in [3.05, 3.63) is 166 Å². The minimum absolute atomic E-state index is 0. The molecule has 718 valence electrons. The fraction of sp³-hybridized carbons (Fsp3) is 0.658. The molecule has 4 aliphatic rings. The molecule has 0 aliphatic carbocycles. The number of aromatic amines is 6. The van der Waals surface area contributed by atoms with Gasteiger partial charge in [-0.3, -0.25) is 81.4 Å². The van der Waals surface area contributed by atoms with Crippen LogP contribution in [0.15, 0.2) is 92.9 Å². The molecule has 127 heavy (non-hydrogen) atoms. The Morgan fingerprint density at radius 1 is 0.535 bits per heavy atom. The van der Waals surface area contributed by atoms with Crippen molar-refractivity contribution in [3.8, 4) is 5.82 Å². The number of nitrogens with zero attached hydrogens (tertiary/aromatic N) is 7. The van der Waals surface area contributed by atoms with E-state index in [1.54, 1.807) is 6.20 Å². The highest BCUT2D eigenvalue weighted by Gasteiger charge is 2.49. The van der Waals surface area contributed by atoms with Gasteiger partial charge in [0.2, 0.25) is 6.29 Å². The Hall–Kier alpha value is -8.41. The van der Waals surface area contributed by atoms with E-state index in [4.69, 9.17) is 63.2 Å². The molecule has 10 rings (SSSR count). The van der Waals surface area contributed by atoms with Gasteiger partial charge >= 0.3 is 63.5 Å². The minimum Gasteiger partial charge on any atom is -0.457 e. The van der Waals surface area contributed by atoms with E-state index in [2.05, 4.69) is 142 Å². The molecule has 0 saturated carbocycles. The maximum atomic E-state index is 13.1. The number of aromatic nitrogens is 13. The first kappa shape index (κ1) is 117. The highest BCUT2D eigenvalue weighted by atomic mass is 36.0. The van der Waals surface area contributed by atoms with Crippen LogP contribution in [0.5, 0.6) is 0 Å². The topological polar surface area (TPSA) is 568 Å². The summed E-state index contributed by atoms with van der Waals surface area (Å²) < 4.78 is 71.1. The largest absolute Gasteiger partial charge is 0.457 e. The fourth-order valence-electron chi connectivity index (χ4n) is 12.1. The van der Waals surface area contributed by atoms with Crippen LogP contribution in [-0.2, 0) is 102 Å². The number of nitrogens with two attached hydrogens (primary N) is 1. The van der Waals surface area contributed by atoms with Gasteiger partial charge in [-0.1, -0.05) is 124 Å². The van der Waals surface area contributed by atoms with Crippen LogP contribution in [0.2, 0.25) is 36.3 Å². The second-order valence-electron chi connectivity index (χ2n) is 32.2. The van der Waals surface area contributed by atoms with Crippen LogP contribution in [0.4, 0.5) is 0 Å². The number of rotatable bonds is 19. The summed E-state index contributed by atoms with van der Waals surface area (Å²) in [7, 11) is -1.97. The number of aliphatic hydroxyl groups excluding tert-OH is 2. The van der Waals surface area contributed by atoms with Crippen molar-refractivity contribution in [2.75, 3.05) is 7.05 Å². The summed E-state index contributed by atoms with van der Waals surface area (Å²) in [6.45, 7) is 45.2. The van der Waals surface area contributed by atoms with Gasteiger partial charge in [-0.15, -0.1) is 0 Å². The Labute approximate surface area is 756 Å². The Kier molecular flexibility index (Phi) is 48.7. The van der Waals surface area contributed by atoms with E-state index >= 15 is 0 Å². The van der Waals surface area contributed by atoms with Crippen LogP contribution >= 0.6 is 50.0 Å². The van der Waals surface area contributed by atoms with Gasteiger partial charge in [0.1, 0.15) is 12.7 Å². The first-order valence-corrected chi connectivity index (χ1v) is 51.7. The summed E-state index contributed by atoms with van der Waals surface area (Å²) in [5, 5.41) is 18.9. The highest BCUT2D eigenvalue weighted by molar-refractivity contribution is 8.24. The Morgan fingerprint density at radius 2 is 0.898 bits per heavy atom. The van der Waals surface area contributed by atoms with Crippen molar-refractivity contribution in [3.63, 3.8) is 0 Å². The SMILES string of the molecule is C.CC(C)(C)[Si](C)(C)Cl.CC[C@H]1OC(OC(C)=O)C(OC(C)=O)[C@H]1C.CC[C@H]1O[C@@H](n2cc(CO)c(=O)[nH]c2=O)C(OC(C)=O)[C@H]1C.CC[C@H]1O[C@@H](n2cc(CO[Si](C)(C)C(C)(C)C)c(-n3cncn3)nc2=O)C(OC(C)=O)[C@H]1C.CCc1cn([C@@H]2O[C@H](CC)[C@H](C)C2OC(C)=O)c(=O)[nH]c1=O.CN.O=P(Cl)(Cl)Cl.O=c1[nH]cc(CO)c(=O)[nH]1.O=c1cc[nH]c(=O)[nH]1. The Morgan fingerprint density at radius 3 is 1.24 bits per heavy atom. The van der Waals surface area contributed by atoms with Gasteiger partial charge in [-0.2, -0.15) is 21.2 Å². The van der Waals surface area contributed by atoms with Crippen LogP contribution in [0.3, 0.4) is 0 Å². The maximum absolute atomic E-state index is 13.1. The van der Waals surface area contributed by atoms with Crippen molar-refractivity contribution in [1.29, 1.82) is 0 Å². The zero-order valence-electron chi connectivity index (χ0n) is 75.8. The van der Waals surface area contributed by atoms with Crippen LogP contribution in [-0.4, -0.2) is 181 Å². The van der Waals surface area contributed by atoms with E-state index < -0.39 is 152 Å². The molecule has 48 heteroatoms. The third-order valence-electron chi connectivity index (χ3n) is 20.9. The molecule has 5 unspecified atom stereocenters. The molecule has 0 bridgehead atoms. The molecule has 0 spiro atoms. The van der Waals surface area contributed by atoms with Crippen LogP contribution in [0.25, 0.3) is 5.82 Å². The van der Waals surface area contributed by atoms with Crippen LogP contribution < -0.4 is 56.4 Å². The van der Waals surface area contributed by atoms with Crippen LogP contribution in [0, 0.1) is 23.7 Å². The molecule has 0 radical (unpaired) electrons. The summed E-state index contributed by atoms with van der Waals surface area (Å²) >= 11 is 20.0. The summed E-state index contributed by atoms with van der Waals surface area (Å²) in [6.07, 6.45) is 7.33. The monoisotopic (exact) mass is 1930 g/mol. The van der Waals surface area contributed by atoms with E-state index in [1.807, 2.05) is 72.3 Å². The second-order valence-corrected chi connectivity index (χ2v) is 50.9. The average Bonchev–Trinajstić information content (AvgIpc) is 1.67. The van der Waals surface area contributed by atoms with Crippen molar-refractivity contribution in [1.82, 2.24) is 63.4 Å². The lowest BCUT2D eigenvalue weighted by molar-refractivity contribution is -0.194. The number of aliphatic hydroxyl groups is 2. The van der Waals surface area contributed by atoms with Crippen molar-refractivity contribution in [2.24, 2.45) is 29.4 Å². The number of hydrogen-bond donors (Lipinski definition) is 9. The summed E-state index contributed by atoms with van der Waals surface area (Å²) in [5.74, 6) is -1.97. The van der Waals surface area contributed by atoms with E-state index in [0.717, 1.165) is 23.8 Å². The molecule has 0 amide bonds. The van der Waals surface area contributed by atoms with Gasteiger partial charge < -0.3 is 73.0 Å². The molecule has 10 N–H and O–H groups in total. The predicted octanol–water partition coefficient (Wildman–Crippen LogP) is 9.22. The third kappa shape index (κ3) is 36.5. The quantitative estimate of drug-likeness (QED) is 0.0120. The number of ether oxygens (including phenoxy) is 9. The summed E-state index contributed by atoms with van der Waals surface area (Å²) in [4.78, 5) is 179. The molecular formula is C79H129Cl4N14O27PSi2. The van der Waals surface area contributed by atoms with Crippen molar-refractivity contribution >= 4 is 95.5 Å². The number of H-pyrrole nitrogens is 6. The Bertz CT molecular complexity index is 4950. The van der Waals surface area contributed by atoms with E-state index in [1.165, 1.54) is 99.0 Å². The third-order valence-corrected chi connectivity index (χ3v) is 30.7. The number of carbonyl (C=O) groups excluding carboxylic acids is 5. The van der Waals surface area contributed by atoms with Crippen molar-refractivity contribution in [2.45, 2.75) is 308 Å². The van der Waals surface area contributed by atoms with Gasteiger partial charge in [-0.25, -0.2) is 33.6 Å². The lowest BCUT2D eigenvalue weighted by Crippen LogP contribution is -2.41. The summed E-state index contributed by atoms with van der Waals surface area (Å²) in [6, 6.07) is 1.24. The summed E-state index contributed by atoms with van der Waals surface area (Å²) in [5.41, 5.74) is 1.07. The number of esters is 5. The Balaban J connectivity index is 0.000000766. The standard InChI is InChI=1S/C22H35N5O5Si.C15H22N2O5.C14H20N2O6.C11H18O5.C6H15ClSi.C5H6N2O3.C4H4N2O2.CH5N.CH4.Cl3OP/c1-9-17-14(2)18(31-15(3)28)20(32-17)26-10-16(11-30-33(7,8)22(4,5)6)19(25-21(26)29)27-13-23-12-24-27;1-5-10-7-17(15(20)16-13(10)19)14-12(21-9(4)18)8(3)11(6-2)22-14;1-4-10-7(2)11(21-8(3)18)13(22-10)16-5-9(6-17)12(19)15-14(16)20;1-5-9-6(2)10(14-7(3)12)11(16-9)15-8(4)13;1-6(2,3)8(4,5)7;8-2-3-1-6-5(10)7-4(3)9;7-3-1-2-5-4(8)6-3;1-2;;1-5(2,3)4/h10,12-14,17-18,20H,9,11H2,1-8H3;7-8,11-12,14H,5-6H2,1-4H3,(H,16,19,20);5,7,10-11,13,17H,4,6H2,1-3H3,(H,15,19,20);6,9-11H,5H2,1-4H3;1-5H3;1,8H,2H2,(H2,6,7,9,10);1-2H,(H2,5,6,7,8);2H2,1H3;1H4;/t14-,17+,18?,20+;8-,11+,12?,14+;7-,10+,11?,13+;6-,9+,10?,11?;;;;;;/m0000....../s1. The molecule has 4 aliphatic heterocycles. The number of nitrogens with one attached hydrogen (secondary N) is 6. The first-order valence-electron chi connectivity index (χ1n) is 40.4. The number of hydrogen-bond acceptors (Lipinski definition) is 31. The fourth-order valence-corrected chi connectivity index (χ4v) is 13.1. The van der Waals surface area contributed by atoms with Gasteiger partial charge in [0.05, 0.1) is 55.4 Å². The van der Waals surface area contributed by atoms with E-state index in [0.29, 0.717) is 34.8 Å². The van der Waals surface area contributed by atoms with Crippen molar-refractivity contribution < 1.29 is 85.8 Å². The molecule has 41 nitrogen and oxygen atoms in total. The van der Waals surface area contributed by atoms with Gasteiger partial charge in [0, 0.05) is 106 Å².